The summed E-state index contributed by atoms with van der Waals surface area (Å²) in [6.07, 6.45) is 1.43. The largest absolute Gasteiger partial charge is 0.492 e. The van der Waals surface area contributed by atoms with Gasteiger partial charge in [-0.2, -0.15) is 0 Å². The molecule has 1 saturated heterocycles. The number of piperazine rings is 1. The topological polar surface area (TPSA) is 61.9 Å². The van der Waals surface area contributed by atoms with E-state index in [0.29, 0.717) is 66.3 Å². The standard InChI is InChI=1S/C23H27Cl2N3O3/c1-3-5-22(29)28-12-10-27(11-13-28)20-8-7-17(24)15-19(20)26-23(30)16-6-9-21(31-4-2)18(25)14-16/h6-9,14-15H,3-5,10-13H2,1-2H3,(H,26,30). The number of benzene rings is 2. The first kappa shape index (κ1) is 23.2. The van der Waals surface area contributed by atoms with Crippen molar-refractivity contribution in [2.75, 3.05) is 43.0 Å². The SMILES string of the molecule is CCCC(=O)N1CCN(c2ccc(Cl)cc2NC(=O)c2ccc(OCC)c(Cl)c2)CC1. The highest BCUT2D eigenvalue weighted by Gasteiger charge is 2.23. The molecular formula is C23H27Cl2N3O3. The molecule has 1 aliphatic heterocycles. The molecule has 166 valence electrons. The van der Waals surface area contributed by atoms with Gasteiger partial charge in [-0.25, -0.2) is 0 Å². The zero-order valence-electron chi connectivity index (χ0n) is 17.8. The van der Waals surface area contributed by atoms with E-state index in [1.807, 2.05) is 24.8 Å². The van der Waals surface area contributed by atoms with Crippen LogP contribution in [-0.2, 0) is 4.79 Å². The van der Waals surface area contributed by atoms with Gasteiger partial charge in [0.2, 0.25) is 5.91 Å². The zero-order chi connectivity index (χ0) is 22.4. The Bertz CT molecular complexity index is 944. The molecule has 0 aliphatic carbocycles. The average Bonchev–Trinajstić information content (AvgIpc) is 2.76. The number of carbonyl (C=O) groups is 2. The molecule has 0 atom stereocenters. The van der Waals surface area contributed by atoms with Crippen molar-refractivity contribution in [1.29, 1.82) is 0 Å². The van der Waals surface area contributed by atoms with E-state index in [2.05, 4.69) is 10.2 Å². The summed E-state index contributed by atoms with van der Waals surface area (Å²) in [5.41, 5.74) is 1.92. The van der Waals surface area contributed by atoms with Gasteiger partial charge in [-0.05, 0) is 49.7 Å². The minimum atomic E-state index is -0.287. The summed E-state index contributed by atoms with van der Waals surface area (Å²) in [7, 11) is 0. The van der Waals surface area contributed by atoms with Crippen LogP contribution >= 0.6 is 23.2 Å². The van der Waals surface area contributed by atoms with Crippen molar-refractivity contribution in [2.45, 2.75) is 26.7 Å². The van der Waals surface area contributed by atoms with Crippen LogP contribution in [0.3, 0.4) is 0 Å². The molecule has 31 heavy (non-hydrogen) atoms. The molecule has 0 bridgehead atoms. The first-order valence-electron chi connectivity index (χ1n) is 10.5. The van der Waals surface area contributed by atoms with Crippen molar-refractivity contribution in [1.82, 2.24) is 4.90 Å². The highest BCUT2D eigenvalue weighted by molar-refractivity contribution is 6.32. The quantitative estimate of drug-likeness (QED) is 0.620. The van der Waals surface area contributed by atoms with Crippen LogP contribution < -0.4 is 15.0 Å². The molecule has 0 saturated carbocycles. The van der Waals surface area contributed by atoms with Gasteiger partial charge in [0.25, 0.3) is 5.91 Å². The Morgan fingerprint density at radius 1 is 1.03 bits per heavy atom. The van der Waals surface area contributed by atoms with Gasteiger partial charge in [0.1, 0.15) is 5.75 Å². The molecule has 3 rings (SSSR count). The minimum Gasteiger partial charge on any atom is -0.492 e. The molecule has 1 aliphatic rings. The van der Waals surface area contributed by atoms with Crippen molar-refractivity contribution in [3.05, 3.63) is 52.0 Å². The Morgan fingerprint density at radius 2 is 1.77 bits per heavy atom. The van der Waals surface area contributed by atoms with Gasteiger partial charge in [-0.15, -0.1) is 0 Å². The van der Waals surface area contributed by atoms with Gasteiger partial charge < -0.3 is 19.9 Å². The predicted molar refractivity (Wildman–Crippen MR) is 126 cm³/mol. The third-order valence-corrected chi connectivity index (χ3v) is 5.67. The van der Waals surface area contributed by atoms with Crippen LogP contribution in [0.4, 0.5) is 11.4 Å². The second kappa shape index (κ2) is 10.7. The Morgan fingerprint density at radius 3 is 2.42 bits per heavy atom. The molecule has 1 heterocycles. The Balaban J connectivity index is 1.74. The summed E-state index contributed by atoms with van der Waals surface area (Å²) < 4.78 is 5.43. The van der Waals surface area contributed by atoms with E-state index in [0.717, 1.165) is 12.1 Å². The number of hydrogen-bond acceptors (Lipinski definition) is 4. The van der Waals surface area contributed by atoms with E-state index in [-0.39, 0.29) is 11.8 Å². The van der Waals surface area contributed by atoms with Crippen LogP contribution in [0.5, 0.6) is 5.75 Å². The van der Waals surface area contributed by atoms with Gasteiger partial charge in [0, 0.05) is 43.2 Å². The van der Waals surface area contributed by atoms with Crippen molar-refractivity contribution in [3.63, 3.8) is 0 Å². The number of halogens is 2. The fourth-order valence-corrected chi connectivity index (χ4v) is 3.97. The molecule has 0 aromatic heterocycles. The number of nitrogens with zero attached hydrogens (tertiary/aromatic N) is 2. The predicted octanol–water partition coefficient (Wildman–Crippen LogP) is 5.09. The number of nitrogens with one attached hydrogen (secondary N) is 1. The lowest BCUT2D eigenvalue weighted by atomic mass is 10.1. The smallest absolute Gasteiger partial charge is 0.255 e. The summed E-state index contributed by atoms with van der Waals surface area (Å²) in [6.45, 7) is 7.07. The van der Waals surface area contributed by atoms with E-state index >= 15 is 0 Å². The third kappa shape index (κ3) is 5.83. The Labute approximate surface area is 193 Å². The summed E-state index contributed by atoms with van der Waals surface area (Å²) in [4.78, 5) is 29.1. The van der Waals surface area contributed by atoms with Gasteiger partial charge in [-0.1, -0.05) is 30.1 Å². The summed E-state index contributed by atoms with van der Waals surface area (Å²) in [5.74, 6) is 0.448. The van der Waals surface area contributed by atoms with Crippen molar-refractivity contribution in [2.24, 2.45) is 0 Å². The average molecular weight is 464 g/mol. The number of hydrogen-bond donors (Lipinski definition) is 1. The zero-order valence-corrected chi connectivity index (χ0v) is 19.3. The van der Waals surface area contributed by atoms with Gasteiger partial charge >= 0.3 is 0 Å². The highest BCUT2D eigenvalue weighted by Crippen LogP contribution is 2.31. The summed E-state index contributed by atoms with van der Waals surface area (Å²) >= 11 is 12.4. The molecule has 0 spiro atoms. The van der Waals surface area contributed by atoms with Gasteiger partial charge in [0.15, 0.2) is 0 Å². The van der Waals surface area contributed by atoms with Crippen molar-refractivity contribution in [3.8, 4) is 5.75 Å². The number of amides is 2. The van der Waals surface area contributed by atoms with Crippen molar-refractivity contribution < 1.29 is 14.3 Å². The molecule has 6 nitrogen and oxygen atoms in total. The van der Waals surface area contributed by atoms with Gasteiger partial charge in [0.05, 0.1) is 23.0 Å². The third-order valence-electron chi connectivity index (χ3n) is 5.14. The molecule has 0 radical (unpaired) electrons. The fraction of sp³-hybridized carbons (Fsp3) is 0.391. The molecule has 1 N–H and O–H groups in total. The Kier molecular flexibility index (Phi) is 8.04. The van der Waals surface area contributed by atoms with E-state index < -0.39 is 0 Å². The number of ether oxygens (including phenoxy) is 1. The first-order chi connectivity index (χ1) is 14.9. The fourth-order valence-electron chi connectivity index (χ4n) is 3.56. The lowest BCUT2D eigenvalue weighted by molar-refractivity contribution is -0.131. The van der Waals surface area contributed by atoms with Crippen LogP contribution in [0.25, 0.3) is 0 Å². The van der Waals surface area contributed by atoms with Gasteiger partial charge in [-0.3, -0.25) is 9.59 Å². The van der Waals surface area contributed by atoms with E-state index in [9.17, 15) is 9.59 Å². The molecule has 1 fully saturated rings. The summed E-state index contributed by atoms with van der Waals surface area (Å²) in [5, 5.41) is 3.86. The van der Waals surface area contributed by atoms with Crippen LogP contribution in [-0.4, -0.2) is 49.5 Å². The second-order valence-electron chi connectivity index (χ2n) is 7.31. The molecule has 2 aromatic carbocycles. The highest BCUT2D eigenvalue weighted by atomic mass is 35.5. The molecule has 2 amide bonds. The molecule has 0 unspecified atom stereocenters. The maximum atomic E-state index is 12.9. The monoisotopic (exact) mass is 463 g/mol. The lowest BCUT2D eigenvalue weighted by Gasteiger charge is -2.37. The van der Waals surface area contributed by atoms with Crippen LogP contribution in [0.15, 0.2) is 36.4 Å². The van der Waals surface area contributed by atoms with Crippen LogP contribution in [0.2, 0.25) is 10.0 Å². The molecular weight excluding hydrogens is 437 g/mol. The maximum Gasteiger partial charge on any atom is 0.255 e. The lowest BCUT2D eigenvalue weighted by Crippen LogP contribution is -2.48. The minimum absolute atomic E-state index is 0.194. The number of anilines is 2. The van der Waals surface area contributed by atoms with E-state index in [1.165, 1.54) is 0 Å². The Hall–Kier alpha value is -2.44. The summed E-state index contributed by atoms with van der Waals surface area (Å²) in [6, 6.07) is 10.4. The maximum absolute atomic E-state index is 12.9. The van der Waals surface area contributed by atoms with Crippen LogP contribution in [0, 0.1) is 0 Å². The van der Waals surface area contributed by atoms with E-state index in [4.69, 9.17) is 27.9 Å². The van der Waals surface area contributed by atoms with E-state index in [1.54, 1.807) is 30.3 Å². The van der Waals surface area contributed by atoms with Crippen molar-refractivity contribution >= 4 is 46.4 Å². The van der Waals surface area contributed by atoms with Crippen LogP contribution in [0.1, 0.15) is 37.0 Å². The second-order valence-corrected chi connectivity index (χ2v) is 8.16. The first-order valence-corrected chi connectivity index (χ1v) is 11.2. The molecule has 2 aromatic rings. The number of rotatable bonds is 7. The number of carbonyl (C=O) groups excluding carboxylic acids is 2. The molecule has 8 heteroatoms. The normalized spacial score (nSPS) is 13.8.